The standard InChI is InChI=1S/C35H57N5O8S/c1-22-18-27(41)19-23(2)28(22)20-30(37)33(44)38-21-31(42)40(35(46)29(36)15-17-49(6)47)34(45)24(3)39(4)16-14-26(12-13-32(43)48-5)25-10-8-7-9-11-25/h18-19,24-26,29-30,41H,7-17,20-21,36-37H2,1-6H3,(H,38,44)/t24-,26?,29?,30-,49?/m0/s1. The summed E-state index contributed by atoms with van der Waals surface area (Å²) in [5, 5.41) is 12.3. The number of hydrogen-bond acceptors (Lipinski definition) is 11. The first-order chi connectivity index (χ1) is 23.1. The number of ether oxygens (including phenoxy) is 1. The van der Waals surface area contributed by atoms with E-state index in [-0.39, 0.29) is 36.2 Å². The van der Waals surface area contributed by atoms with Gasteiger partial charge in [0.25, 0.3) is 17.7 Å². The molecule has 0 heterocycles. The molecule has 1 aliphatic rings. The van der Waals surface area contributed by atoms with E-state index in [0.717, 1.165) is 42.4 Å². The average molecular weight is 708 g/mol. The molecule has 1 aliphatic carbocycles. The van der Waals surface area contributed by atoms with E-state index < -0.39 is 59.1 Å². The smallest absolute Gasteiger partial charge is 0.305 e. The number of aromatic hydroxyl groups is 1. The van der Waals surface area contributed by atoms with E-state index >= 15 is 0 Å². The first-order valence-electron chi connectivity index (χ1n) is 17.1. The van der Waals surface area contributed by atoms with Gasteiger partial charge in [0.15, 0.2) is 0 Å². The number of carbonyl (C=O) groups excluding carboxylic acids is 5. The monoisotopic (exact) mass is 707 g/mol. The number of rotatable bonds is 18. The van der Waals surface area contributed by atoms with Crippen LogP contribution in [0.15, 0.2) is 12.1 Å². The summed E-state index contributed by atoms with van der Waals surface area (Å²) in [4.78, 5) is 67.9. The lowest BCUT2D eigenvalue weighted by Gasteiger charge is -2.33. The van der Waals surface area contributed by atoms with E-state index in [4.69, 9.17) is 16.2 Å². The molecule has 4 amide bonds. The molecule has 5 atom stereocenters. The maximum Gasteiger partial charge on any atom is 0.305 e. The Morgan fingerprint density at radius 3 is 2.18 bits per heavy atom. The number of benzene rings is 1. The van der Waals surface area contributed by atoms with E-state index in [0.29, 0.717) is 36.6 Å². The predicted molar refractivity (Wildman–Crippen MR) is 189 cm³/mol. The van der Waals surface area contributed by atoms with Crippen LogP contribution < -0.4 is 16.8 Å². The van der Waals surface area contributed by atoms with Crippen LogP contribution in [0, 0.1) is 25.7 Å². The second kappa shape index (κ2) is 20.5. The zero-order chi connectivity index (χ0) is 36.8. The number of likely N-dealkylation sites (N-methyl/N-ethyl adjacent to an activating group) is 1. The zero-order valence-corrected chi connectivity index (χ0v) is 30.8. The molecule has 6 N–H and O–H groups in total. The lowest BCUT2D eigenvalue weighted by Crippen LogP contribution is -2.57. The molecule has 1 aromatic rings. The fourth-order valence-electron chi connectivity index (χ4n) is 6.48. The third-order valence-electron chi connectivity index (χ3n) is 9.71. The minimum absolute atomic E-state index is 0.00491. The van der Waals surface area contributed by atoms with Crippen LogP contribution >= 0.6 is 0 Å². The summed E-state index contributed by atoms with van der Waals surface area (Å²) in [6.45, 7) is 4.99. The fourth-order valence-corrected chi connectivity index (χ4v) is 7.07. The molecule has 3 unspecified atom stereocenters. The van der Waals surface area contributed by atoms with Gasteiger partial charge in [-0.1, -0.05) is 32.1 Å². The van der Waals surface area contributed by atoms with E-state index in [9.17, 15) is 33.3 Å². The zero-order valence-electron chi connectivity index (χ0n) is 30.0. The summed E-state index contributed by atoms with van der Waals surface area (Å²) in [6.07, 6.45) is 8.98. The summed E-state index contributed by atoms with van der Waals surface area (Å²) in [7, 11) is 1.87. The number of aryl methyl sites for hydroxylation is 2. The van der Waals surface area contributed by atoms with Gasteiger partial charge in [0.1, 0.15) is 5.75 Å². The number of hydrogen-bond donors (Lipinski definition) is 4. The molecule has 0 spiro atoms. The normalized spacial score (nSPS) is 16.7. The van der Waals surface area contributed by atoms with Crippen molar-refractivity contribution in [3.63, 3.8) is 0 Å². The number of nitrogens with zero attached hydrogens (tertiary/aromatic N) is 2. The Bertz CT molecular complexity index is 1310. The highest BCUT2D eigenvalue weighted by molar-refractivity contribution is 7.84. The molecule has 0 aliphatic heterocycles. The van der Waals surface area contributed by atoms with E-state index in [1.807, 2.05) is 0 Å². The lowest BCUT2D eigenvalue weighted by molar-refractivity contribution is -0.157. The van der Waals surface area contributed by atoms with Gasteiger partial charge in [-0.3, -0.25) is 33.1 Å². The number of phenols is 1. The van der Waals surface area contributed by atoms with Gasteiger partial charge in [-0.25, -0.2) is 4.90 Å². The first kappa shape index (κ1) is 42.0. The van der Waals surface area contributed by atoms with Crippen LogP contribution in [0.5, 0.6) is 5.75 Å². The third kappa shape index (κ3) is 13.2. The fraction of sp³-hybridized carbons (Fsp3) is 0.686. The van der Waals surface area contributed by atoms with Crippen LogP contribution in [0.25, 0.3) is 0 Å². The van der Waals surface area contributed by atoms with Crippen LogP contribution in [0.1, 0.15) is 81.4 Å². The molecule has 276 valence electrons. The largest absolute Gasteiger partial charge is 0.508 e. The predicted octanol–water partition coefficient (Wildman–Crippen LogP) is 1.83. The van der Waals surface area contributed by atoms with Crippen molar-refractivity contribution in [2.24, 2.45) is 23.3 Å². The minimum atomic E-state index is -1.26. The average Bonchev–Trinajstić information content (AvgIpc) is 3.06. The Kier molecular flexibility index (Phi) is 17.5. The number of methoxy groups -OCH3 is 1. The van der Waals surface area contributed by atoms with E-state index in [1.165, 1.54) is 19.8 Å². The van der Waals surface area contributed by atoms with Crippen LogP contribution in [0.3, 0.4) is 0 Å². The van der Waals surface area contributed by atoms with Crippen molar-refractivity contribution in [2.45, 2.75) is 103 Å². The second-order valence-electron chi connectivity index (χ2n) is 13.4. The molecule has 49 heavy (non-hydrogen) atoms. The Balaban J connectivity index is 2.17. The maximum absolute atomic E-state index is 13.8. The van der Waals surface area contributed by atoms with Crippen LogP contribution in [-0.4, -0.2) is 106 Å². The molecule has 1 aromatic carbocycles. The van der Waals surface area contributed by atoms with Crippen molar-refractivity contribution < 1.29 is 38.0 Å². The van der Waals surface area contributed by atoms with Gasteiger partial charge < -0.3 is 26.6 Å². The van der Waals surface area contributed by atoms with Crippen molar-refractivity contribution in [2.75, 3.05) is 39.3 Å². The number of phenolic OH excluding ortho intramolecular Hbond substituents is 1. The highest BCUT2D eigenvalue weighted by atomic mass is 32.2. The second-order valence-corrected chi connectivity index (χ2v) is 14.9. The number of imide groups is 3. The molecule has 0 radical (unpaired) electrons. The van der Waals surface area contributed by atoms with Crippen molar-refractivity contribution >= 4 is 40.4 Å². The van der Waals surface area contributed by atoms with E-state index in [2.05, 4.69) is 5.32 Å². The molecule has 13 nitrogen and oxygen atoms in total. The highest BCUT2D eigenvalue weighted by Gasteiger charge is 2.37. The van der Waals surface area contributed by atoms with Gasteiger partial charge in [0, 0.05) is 29.2 Å². The SMILES string of the molecule is COC(=O)CCC(CCN(C)[C@@H](C)C(=O)N(C(=O)CNC(=O)[C@@H](N)Cc1c(C)cc(O)cc1C)C(=O)C(N)CCS(C)=O)C1CCCCC1. The van der Waals surface area contributed by atoms with Gasteiger partial charge in [-0.15, -0.1) is 0 Å². The third-order valence-corrected chi connectivity index (χ3v) is 10.5. The van der Waals surface area contributed by atoms with Crippen molar-refractivity contribution in [1.82, 2.24) is 15.1 Å². The van der Waals surface area contributed by atoms with Crippen molar-refractivity contribution in [1.29, 1.82) is 0 Å². The molecule has 0 bridgehead atoms. The van der Waals surface area contributed by atoms with Crippen LogP contribution in [0.4, 0.5) is 0 Å². The summed E-state index contributed by atoms with van der Waals surface area (Å²) in [5.74, 6) is -2.67. The molecule has 0 aromatic heterocycles. The molecular formula is C35H57N5O8S. The molecule has 1 fully saturated rings. The molecule has 2 rings (SSSR count). The van der Waals surface area contributed by atoms with Crippen molar-refractivity contribution in [3.05, 3.63) is 28.8 Å². The summed E-state index contributed by atoms with van der Waals surface area (Å²) >= 11 is 0. The summed E-state index contributed by atoms with van der Waals surface area (Å²) < 4.78 is 16.5. The van der Waals surface area contributed by atoms with Gasteiger partial charge in [0.2, 0.25) is 5.91 Å². The Hall–Kier alpha value is -3.20. The lowest BCUT2D eigenvalue weighted by atomic mass is 9.76. The summed E-state index contributed by atoms with van der Waals surface area (Å²) in [6, 6.07) is -0.0648. The number of nitrogens with one attached hydrogen (secondary N) is 1. The molecule has 1 saturated carbocycles. The van der Waals surface area contributed by atoms with Gasteiger partial charge in [0.05, 0.1) is 31.8 Å². The Morgan fingerprint density at radius 1 is 1.00 bits per heavy atom. The number of esters is 1. The van der Waals surface area contributed by atoms with Gasteiger partial charge in [-0.2, -0.15) is 0 Å². The molecular weight excluding hydrogens is 650 g/mol. The number of carbonyl (C=O) groups is 5. The van der Waals surface area contributed by atoms with Crippen molar-refractivity contribution in [3.8, 4) is 5.75 Å². The Morgan fingerprint density at radius 2 is 1.61 bits per heavy atom. The topological polar surface area (TPSA) is 202 Å². The number of amides is 4. The first-order valence-corrected chi connectivity index (χ1v) is 18.9. The minimum Gasteiger partial charge on any atom is -0.508 e. The molecule has 14 heteroatoms. The van der Waals surface area contributed by atoms with Gasteiger partial charge in [-0.05, 0) is 101 Å². The number of nitrogens with two attached hydrogens (primary N) is 2. The Labute approximate surface area is 293 Å². The highest BCUT2D eigenvalue weighted by Crippen LogP contribution is 2.34. The maximum atomic E-state index is 13.8. The van der Waals surface area contributed by atoms with Gasteiger partial charge >= 0.3 is 5.97 Å². The molecule has 0 saturated heterocycles. The van der Waals surface area contributed by atoms with E-state index in [1.54, 1.807) is 44.9 Å². The van der Waals surface area contributed by atoms with Crippen LogP contribution in [0.2, 0.25) is 0 Å². The van der Waals surface area contributed by atoms with Crippen LogP contribution in [-0.2, 0) is 45.9 Å². The summed E-state index contributed by atoms with van der Waals surface area (Å²) in [5.41, 5.74) is 14.5. The quantitative estimate of drug-likeness (QED) is 0.162.